The maximum atomic E-state index is 11.9. The van der Waals surface area contributed by atoms with Crippen LogP contribution in [0.5, 0.6) is 5.75 Å². The van der Waals surface area contributed by atoms with Crippen molar-refractivity contribution in [3.63, 3.8) is 0 Å². The average Bonchev–Trinajstić information content (AvgIpc) is 2.82. The molecule has 0 aliphatic carbocycles. The minimum Gasteiger partial charge on any atom is -0.423 e. The predicted molar refractivity (Wildman–Crippen MR) is 130 cm³/mol. The zero-order chi connectivity index (χ0) is 22.9. The topological polar surface area (TPSA) is 61.3 Å². The molecule has 0 atom stereocenters. The largest absolute Gasteiger partial charge is 0.423 e. The van der Waals surface area contributed by atoms with Crippen molar-refractivity contribution >= 4 is 5.97 Å². The van der Waals surface area contributed by atoms with Crippen molar-refractivity contribution in [3.8, 4) is 17.1 Å². The SMILES string of the molecule is CCCCC=CCCC(=O)Oc1cnc(-c2ccc(CCCCCOCCC)cc2)nc1. The number of carbonyl (C=O) groups is 1. The molecule has 174 valence electrons. The van der Waals surface area contributed by atoms with E-state index in [1.54, 1.807) is 12.4 Å². The standard InChI is InChI=1S/C27H38N2O3/c1-3-5-6-7-8-11-14-26(30)32-25-21-28-27(29-22-25)24-17-15-23(16-18-24)13-10-9-12-20-31-19-4-2/h7-8,15-18,21-22H,3-6,9-14,19-20H2,1-2H3. The molecule has 0 spiro atoms. The summed E-state index contributed by atoms with van der Waals surface area (Å²) in [5, 5.41) is 0. The minimum absolute atomic E-state index is 0.261. The van der Waals surface area contributed by atoms with Gasteiger partial charge in [-0.25, -0.2) is 9.97 Å². The Hall–Kier alpha value is -2.53. The molecule has 0 radical (unpaired) electrons. The van der Waals surface area contributed by atoms with E-state index in [4.69, 9.17) is 9.47 Å². The molecule has 0 saturated heterocycles. The van der Waals surface area contributed by atoms with E-state index >= 15 is 0 Å². The fourth-order valence-electron chi connectivity index (χ4n) is 3.24. The number of hydrogen-bond donors (Lipinski definition) is 0. The summed E-state index contributed by atoms with van der Waals surface area (Å²) in [5.41, 5.74) is 2.27. The van der Waals surface area contributed by atoms with E-state index in [-0.39, 0.29) is 5.97 Å². The van der Waals surface area contributed by atoms with Crippen LogP contribution in [0, 0.1) is 0 Å². The van der Waals surface area contributed by atoms with E-state index in [9.17, 15) is 4.79 Å². The number of carbonyl (C=O) groups excluding carboxylic acids is 1. The highest BCUT2D eigenvalue weighted by atomic mass is 16.5. The van der Waals surface area contributed by atoms with Gasteiger partial charge in [-0.15, -0.1) is 0 Å². The third-order valence-corrected chi connectivity index (χ3v) is 5.08. The van der Waals surface area contributed by atoms with E-state index in [1.165, 1.54) is 31.2 Å². The zero-order valence-electron chi connectivity index (χ0n) is 19.7. The highest BCUT2D eigenvalue weighted by molar-refractivity contribution is 5.72. The monoisotopic (exact) mass is 438 g/mol. The van der Waals surface area contributed by atoms with E-state index in [2.05, 4.69) is 42.0 Å². The van der Waals surface area contributed by atoms with Crippen LogP contribution in [-0.4, -0.2) is 29.2 Å². The summed E-state index contributed by atoms with van der Waals surface area (Å²) in [6.45, 7) is 6.03. The molecular weight excluding hydrogens is 400 g/mol. The Balaban J connectivity index is 1.71. The van der Waals surface area contributed by atoms with Crippen molar-refractivity contribution in [2.24, 2.45) is 0 Å². The number of nitrogens with zero attached hydrogens (tertiary/aromatic N) is 2. The summed E-state index contributed by atoms with van der Waals surface area (Å²) in [7, 11) is 0. The van der Waals surface area contributed by atoms with Crippen LogP contribution >= 0.6 is 0 Å². The molecule has 32 heavy (non-hydrogen) atoms. The number of unbranched alkanes of at least 4 members (excludes halogenated alkanes) is 4. The first-order chi connectivity index (χ1) is 15.7. The number of esters is 1. The van der Waals surface area contributed by atoms with Gasteiger partial charge in [0, 0.05) is 25.2 Å². The molecule has 0 bridgehead atoms. The first-order valence-corrected chi connectivity index (χ1v) is 12.1. The average molecular weight is 439 g/mol. The fourth-order valence-corrected chi connectivity index (χ4v) is 3.24. The summed E-state index contributed by atoms with van der Waals surface area (Å²) < 4.78 is 10.8. The van der Waals surface area contributed by atoms with Crippen molar-refractivity contribution in [1.29, 1.82) is 0 Å². The summed E-state index contributed by atoms with van der Waals surface area (Å²) in [4.78, 5) is 20.7. The number of rotatable bonds is 16. The molecule has 0 aliphatic heterocycles. The van der Waals surface area contributed by atoms with Gasteiger partial charge < -0.3 is 9.47 Å². The fraction of sp³-hybridized carbons (Fsp3) is 0.519. The second-order valence-electron chi connectivity index (χ2n) is 7.99. The molecule has 0 saturated carbocycles. The van der Waals surface area contributed by atoms with E-state index in [1.807, 2.05) is 18.2 Å². The van der Waals surface area contributed by atoms with Crippen LogP contribution < -0.4 is 4.74 Å². The normalized spacial score (nSPS) is 11.2. The van der Waals surface area contributed by atoms with Gasteiger partial charge in [0.25, 0.3) is 0 Å². The van der Waals surface area contributed by atoms with Crippen LogP contribution in [0.15, 0.2) is 48.8 Å². The Morgan fingerprint density at radius 3 is 2.34 bits per heavy atom. The molecule has 5 heteroatoms. The van der Waals surface area contributed by atoms with Gasteiger partial charge in [0.2, 0.25) is 0 Å². The highest BCUT2D eigenvalue weighted by Crippen LogP contribution is 2.18. The first-order valence-electron chi connectivity index (χ1n) is 12.1. The first kappa shape index (κ1) is 25.7. The summed E-state index contributed by atoms with van der Waals surface area (Å²) in [6, 6.07) is 8.36. The van der Waals surface area contributed by atoms with E-state index in [0.717, 1.165) is 44.5 Å². The molecule has 0 unspecified atom stereocenters. The van der Waals surface area contributed by atoms with Crippen molar-refractivity contribution in [2.45, 2.75) is 78.1 Å². The molecule has 0 aliphatic rings. The number of aryl methyl sites for hydroxylation is 1. The molecule has 1 aromatic carbocycles. The van der Waals surface area contributed by atoms with Crippen LogP contribution in [0.25, 0.3) is 11.4 Å². The molecule has 2 aromatic rings. The van der Waals surface area contributed by atoms with Crippen LogP contribution in [0.2, 0.25) is 0 Å². The third kappa shape index (κ3) is 10.7. The number of allylic oxidation sites excluding steroid dienone is 2. The highest BCUT2D eigenvalue weighted by Gasteiger charge is 2.07. The lowest BCUT2D eigenvalue weighted by Crippen LogP contribution is -2.07. The zero-order valence-corrected chi connectivity index (χ0v) is 19.7. The van der Waals surface area contributed by atoms with Gasteiger partial charge in [-0.1, -0.05) is 69.5 Å². The molecule has 0 N–H and O–H groups in total. The van der Waals surface area contributed by atoms with Gasteiger partial charge in [0.15, 0.2) is 11.6 Å². The van der Waals surface area contributed by atoms with Crippen LogP contribution in [0.3, 0.4) is 0 Å². The summed E-state index contributed by atoms with van der Waals surface area (Å²) >= 11 is 0. The van der Waals surface area contributed by atoms with Gasteiger partial charge in [0.05, 0.1) is 12.4 Å². The third-order valence-electron chi connectivity index (χ3n) is 5.08. The smallest absolute Gasteiger partial charge is 0.311 e. The van der Waals surface area contributed by atoms with Crippen LogP contribution in [0.4, 0.5) is 0 Å². The van der Waals surface area contributed by atoms with Gasteiger partial charge in [-0.3, -0.25) is 4.79 Å². The number of hydrogen-bond acceptors (Lipinski definition) is 5. The van der Waals surface area contributed by atoms with Crippen LogP contribution in [-0.2, 0) is 16.0 Å². The number of aromatic nitrogens is 2. The van der Waals surface area contributed by atoms with Gasteiger partial charge in [0.1, 0.15) is 0 Å². The molecule has 2 rings (SSSR count). The van der Waals surface area contributed by atoms with Gasteiger partial charge in [-0.2, -0.15) is 0 Å². The lowest BCUT2D eigenvalue weighted by Gasteiger charge is -2.06. The van der Waals surface area contributed by atoms with E-state index < -0.39 is 0 Å². The molecule has 0 amide bonds. The molecule has 1 heterocycles. The summed E-state index contributed by atoms with van der Waals surface area (Å²) in [5.74, 6) is 0.749. The molecule has 1 aromatic heterocycles. The molecular formula is C27H38N2O3. The Bertz CT molecular complexity index is 786. The van der Waals surface area contributed by atoms with Crippen molar-refractivity contribution < 1.29 is 14.3 Å². The lowest BCUT2D eigenvalue weighted by atomic mass is 10.0. The maximum absolute atomic E-state index is 11.9. The maximum Gasteiger partial charge on any atom is 0.311 e. The Morgan fingerprint density at radius 2 is 1.62 bits per heavy atom. The quantitative estimate of drug-likeness (QED) is 0.165. The Labute approximate surface area is 193 Å². The Kier molecular flexibility index (Phi) is 13.0. The van der Waals surface area contributed by atoms with Crippen molar-refractivity contribution in [1.82, 2.24) is 9.97 Å². The van der Waals surface area contributed by atoms with E-state index in [0.29, 0.717) is 24.4 Å². The second-order valence-corrected chi connectivity index (χ2v) is 7.99. The number of ether oxygens (including phenoxy) is 2. The van der Waals surface area contributed by atoms with Crippen LogP contribution in [0.1, 0.15) is 77.2 Å². The molecule has 5 nitrogen and oxygen atoms in total. The Morgan fingerprint density at radius 1 is 0.875 bits per heavy atom. The number of benzene rings is 1. The minimum atomic E-state index is -0.261. The lowest BCUT2D eigenvalue weighted by molar-refractivity contribution is -0.134. The van der Waals surface area contributed by atoms with Crippen molar-refractivity contribution in [2.75, 3.05) is 13.2 Å². The van der Waals surface area contributed by atoms with Gasteiger partial charge in [-0.05, 0) is 44.1 Å². The van der Waals surface area contributed by atoms with Crippen molar-refractivity contribution in [3.05, 3.63) is 54.4 Å². The second kappa shape index (κ2) is 16.2. The predicted octanol–water partition coefficient (Wildman–Crippen LogP) is 6.72. The molecule has 0 fully saturated rings. The van der Waals surface area contributed by atoms with Gasteiger partial charge >= 0.3 is 5.97 Å². The summed E-state index contributed by atoms with van der Waals surface area (Å²) in [6.07, 6.45) is 17.4.